The summed E-state index contributed by atoms with van der Waals surface area (Å²) in [4.78, 5) is 6.66. The van der Waals surface area contributed by atoms with Crippen LogP contribution in [0, 0.1) is 6.92 Å². The van der Waals surface area contributed by atoms with Crippen molar-refractivity contribution >= 4 is 31.8 Å². The Morgan fingerprint density at radius 1 is 1.27 bits per heavy atom. The molecule has 0 N–H and O–H groups in total. The van der Waals surface area contributed by atoms with Crippen LogP contribution in [-0.4, -0.2) is 63.4 Å². The minimum Gasteiger partial charge on any atom is -0.385 e. The van der Waals surface area contributed by atoms with E-state index in [9.17, 15) is 8.42 Å². The molecule has 0 unspecified atom stereocenters. The van der Waals surface area contributed by atoms with Gasteiger partial charge in [-0.3, -0.25) is 0 Å². The van der Waals surface area contributed by atoms with Gasteiger partial charge in [0.05, 0.1) is 11.4 Å². The molecule has 2 heterocycles. The van der Waals surface area contributed by atoms with Crippen LogP contribution in [-0.2, 0) is 14.8 Å². The predicted molar refractivity (Wildman–Crippen MR) is 90.7 cm³/mol. The maximum Gasteiger partial charge on any atom is 0.214 e. The van der Waals surface area contributed by atoms with Crippen molar-refractivity contribution in [2.75, 3.05) is 50.5 Å². The number of aryl methyl sites for hydroxylation is 1. The van der Waals surface area contributed by atoms with Crippen LogP contribution in [0.15, 0.2) is 16.6 Å². The maximum atomic E-state index is 12.2. The summed E-state index contributed by atoms with van der Waals surface area (Å²) < 4.78 is 31.9. The number of hydrogen-bond acceptors (Lipinski definition) is 5. The topological polar surface area (TPSA) is 62.7 Å². The van der Waals surface area contributed by atoms with Crippen molar-refractivity contribution in [3.8, 4) is 0 Å². The van der Waals surface area contributed by atoms with Gasteiger partial charge in [-0.2, -0.15) is 4.31 Å². The second-order valence-electron chi connectivity index (χ2n) is 5.29. The highest BCUT2D eigenvalue weighted by Gasteiger charge is 2.27. The molecule has 8 heteroatoms. The number of aromatic nitrogens is 1. The van der Waals surface area contributed by atoms with E-state index >= 15 is 0 Å². The molecular formula is C14H22BrN3O3S. The van der Waals surface area contributed by atoms with E-state index in [1.54, 1.807) is 11.4 Å². The number of halogens is 1. The van der Waals surface area contributed by atoms with Crippen LogP contribution in [0.1, 0.15) is 12.1 Å². The van der Waals surface area contributed by atoms with Gasteiger partial charge in [0.1, 0.15) is 5.82 Å². The molecular weight excluding hydrogens is 370 g/mol. The van der Waals surface area contributed by atoms with Crippen molar-refractivity contribution in [2.24, 2.45) is 0 Å². The van der Waals surface area contributed by atoms with Gasteiger partial charge >= 0.3 is 0 Å². The lowest BCUT2D eigenvalue weighted by atomic mass is 10.3. The number of nitrogens with zero attached hydrogens (tertiary/aromatic N) is 3. The molecule has 22 heavy (non-hydrogen) atoms. The zero-order chi connectivity index (χ0) is 16.2. The third kappa shape index (κ3) is 4.41. The fourth-order valence-electron chi connectivity index (χ4n) is 2.42. The predicted octanol–water partition coefficient (Wildman–Crippen LogP) is 1.64. The van der Waals surface area contributed by atoms with E-state index in [-0.39, 0.29) is 5.75 Å². The van der Waals surface area contributed by atoms with Crippen LogP contribution < -0.4 is 4.90 Å². The Labute approximate surface area is 140 Å². The van der Waals surface area contributed by atoms with E-state index in [1.165, 1.54) is 0 Å². The number of methoxy groups -OCH3 is 1. The molecule has 0 amide bonds. The summed E-state index contributed by atoms with van der Waals surface area (Å²) in [5.41, 5.74) is 0.937. The third-order valence-electron chi connectivity index (χ3n) is 3.71. The van der Waals surface area contributed by atoms with Gasteiger partial charge in [-0.05, 0) is 41.4 Å². The molecule has 1 saturated heterocycles. The number of ether oxygens (including phenoxy) is 1. The highest BCUT2D eigenvalue weighted by molar-refractivity contribution is 9.10. The Kier molecular flexibility index (Phi) is 6.19. The molecule has 1 aromatic rings. The SMILES string of the molecule is COCCCS(=O)(=O)N1CCN(c2ccc(Br)c(C)n2)CC1. The van der Waals surface area contributed by atoms with Gasteiger partial charge in [0.2, 0.25) is 10.0 Å². The number of pyridine rings is 1. The standard InChI is InChI=1S/C14H22BrN3O3S/c1-12-13(15)4-5-14(16-12)17-6-8-18(9-7-17)22(19,20)11-3-10-21-2/h4-5H,3,6-11H2,1-2H3. The first-order valence-electron chi connectivity index (χ1n) is 7.29. The lowest BCUT2D eigenvalue weighted by Crippen LogP contribution is -2.49. The number of hydrogen-bond donors (Lipinski definition) is 0. The van der Waals surface area contributed by atoms with Gasteiger partial charge in [-0.15, -0.1) is 0 Å². The molecule has 6 nitrogen and oxygen atoms in total. The van der Waals surface area contributed by atoms with Crippen LogP contribution in [0.4, 0.5) is 5.82 Å². The average Bonchev–Trinajstić information content (AvgIpc) is 2.50. The number of sulfonamides is 1. The molecule has 2 rings (SSSR count). The molecule has 1 aliphatic heterocycles. The van der Waals surface area contributed by atoms with Gasteiger partial charge in [0, 0.05) is 44.4 Å². The number of piperazine rings is 1. The molecule has 0 spiro atoms. The van der Waals surface area contributed by atoms with Crippen molar-refractivity contribution < 1.29 is 13.2 Å². The van der Waals surface area contributed by atoms with Crippen molar-refractivity contribution in [3.63, 3.8) is 0 Å². The van der Waals surface area contributed by atoms with Crippen LogP contribution in [0.5, 0.6) is 0 Å². The van der Waals surface area contributed by atoms with Crippen LogP contribution in [0.2, 0.25) is 0 Å². The van der Waals surface area contributed by atoms with Gasteiger partial charge in [0.15, 0.2) is 0 Å². The fraction of sp³-hybridized carbons (Fsp3) is 0.643. The second-order valence-corrected chi connectivity index (χ2v) is 8.23. The Hall–Kier alpha value is -0.700. The zero-order valence-electron chi connectivity index (χ0n) is 13.0. The van der Waals surface area contributed by atoms with Crippen LogP contribution in [0.3, 0.4) is 0 Å². The quantitative estimate of drug-likeness (QED) is 0.689. The molecule has 0 aromatic carbocycles. The fourth-order valence-corrected chi connectivity index (χ4v) is 4.10. The maximum absolute atomic E-state index is 12.2. The third-order valence-corrected chi connectivity index (χ3v) is 6.51. The van der Waals surface area contributed by atoms with E-state index < -0.39 is 10.0 Å². The van der Waals surface area contributed by atoms with E-state index in [4.69, 9.17) is 4.74 Å². The Bertz CT molecular complexity index is 601. The van der Waals surface area contributed by atoms with Crippen molar-refractivity contribution in [3.05, 3.63) is 22.3 Å². The van der Waals surface area contributed by atoms with Crippen molar-refractivity contribution in [1.29, 1.82) is 0 Å². The smallest absolute Gasteiger partial charge is 0.214 e. The first-order chi connectivity index (χ1) is 10.4. The van der Waals surface area contributed by atoms with Gasteiger partial charge < -0.3 is 9.64 Å². The Balaban J connectivity index is 1.93. The summed E-state index contributed by atoms with van der Waals surface area (Å²) in [5, 5.41) is 0. The first kappa shape index (κ1) is 17.7. The highest BCUT2D eigenvalue weighted by Crippen LogP contribution is 2.20. The Morgan fingerprint density at radius 3 is 2.55 bits per heavy atom. The van der Waals surface area contributed by atoms with E-state index in [0.717, 1.165) is 16.0 Å². The molecule has 124 valence electrons. The molecule has 1 aliphatic rings. The second kappa shape index (κ2) is 7.72. The van der Waals surface area contributed by atoms with Crippen molar-refractivity contribution in [1.82, 2.24) is 9.29 Å². The summed E-state index contributed by atoms with van der Waals surface area (Å²) in [7, 11) is -1.60. The molecule has 0 bridgehead atoms. The summed E-state index contributed by atoms with van der Waals surface area (Å²) in [5.74, 6) is 1.05. The largest absolute Gasteiger partial charge is 0.385 e. The summed E-state index contributed by atoms with van der Waals surface area (Å²) in [6.07, 6.45) is 0.534. The number of rotatable bonds is 6. The summed E-state index contributed by atoms with van der Waals surface area (Å²) in [6.45, 7) is 4.76. The monoisotopic (exact) mass is 391 g/mol. The minimum absolute atomic E-state index is 0.149. The lowest BCUT2D eigenvalue weighted by Gasteiger charge is -2.34. The highest BCUT2D eigenvalue weighted by atomic mass is 79.9. The summed E-state index contributed by atoms with van der Waals surface area (Å²) in [6, 6.07) is 3.94. The molecule has 0 radical (unpaired) electrons. The normalized spacial score (nSPS) is 17.0. The molecule has 1 fully saturated rings. The minimum atomic E-state index is -3.18. The Morgan fingerprint density at radius 2 is 1.95 bits per heavy atom. The molecule has 1 aromatic heterocycles. The number of anilines is 1. The zero-order valence-corrected chi connectivity index (χ0v) is 15.4. The van der Waals surface area contributed by atoms with E-state index in [2.05, 4.69) is 25.8 Å². The summed E-state index contributed by atoms with van der Waals surface area (Å²) >= 11 is 3.44. The lowest BCUT2D eigenvalue weighted by molar-refractivity contribution is 0.199. The van der Waals surface area contributed by atoms with Gasteiger partial charge in [-0.25, -0.2) is 13.4 Å². The van der Waals surface area contributed by atoms with Crippen molar-refractivity contribution in [2.45, 2.75) is 13.3 Å². The van der Waals surface area contributed by atoms with Gasteiger partial charge in [0.25, 0.3) is 0 Å². The average molecular weight is 392 g/mol. The molecule has 0 saturated carbocycles. The van der Waals surface area contributed by atoms with Gasteiger partial charge in [-0.1, -0.05) is 0 Å². The van der Waals surface area contributed by atoms with E-state index in [1.807, 2.05) is 19.1 Å². The van der Waals surface area contributed by atoms with Crippen LogP contribution >= 0.6 is 15.9 Å². The molecule has 0 aliphatic carbocycles. The molecule has 0 atom stereocenters. The van der Waals surface area contributed by atoms with Crippen LogP contribution in [0.25, 0.3) is 0 Å². The van der Waals surface area contributed by atoms with E-state index in [0.29, 0.717) is 39.2 Å². The first-order valence-corrected chi connectivity index (χ1v) is 9.69.